The number of carboxylic acid groups (broad SMARTS) is 1. The van der Waals surface area contributed by atoms with Gasteiger partial charge >= 0.3 is 0 Å². The molecule has 0 aromatic carbocycles. The molecule has 0 fully saturated rings. The zero-order chi connectivity index (χ0) is 14.4. The molecule has 0 saturated carbocycles. The number of rotatable bonds is 8. The molecule has 0 unspecified atom stereocenters. The number of nitrogens with one attached hydrogen (secondary N) is 1. The SMILES string of the molecule is C=C(C)C(=N)CCCn1cc[n+](CCC(=O)[O-])c1C. The molecule has 5 heteroatoms. The fourth-order valence-electron chi connectivity index (χ4n) is 1.87. The molecule has 0 amide bonds. The number of aryl methyl sites for hydroxylation is 2. The molecule has 0 aliphatic heterocycles. The number of imidazole rings is 1. The van der Waals surface area contributed by atoms with Gasteiger partial charge in [-0.25, -0.2) is 9.13 Å². The van der Waals surface area contributed by atoms with Gasteiger partial charge in [0.25, 0.3) is 5.82 Å². The van der Waals surface area contributed by atoms with Crippen LogP contribution in [0.3, 0.4) is 0 Å². The summed E-state index contributed by atoms with van der Waals surface area (Å²) in [7, 11) is 0. The predicted molar refractivity (Wildman–Crippen MR) is 70.8 cm³/mol. The van der Waals surface area contributed by atoms with E-state index in [0.717, 1.165) is 24.4 Å². The molecule has 19 heavy (non-hydrogen) atoms. The summed E-state index contributed by atoms with van der Waals surface area (Å²) in [6.45, 7) is 8.80. The van der Waals surface area contributed by atoms with Crippen LogP contribution < -0.4 is 9.67 Å². The van der Waals surface area contributed by atoms with Gasteiger partial charge in [0.05, 0.1) is 13.1 Å². The van der Waals surface area contributed by atoms with Gasteiger partial charge in [0.1, 0.15) is 12.4 Å². The Kier molecular flexibility index (Phi) is 5.48. The zero-order valence-corrected chi connectivity index (χ0v) is 11.6. The van der Waals surface area contributed by atoms with Crippen molar-refractivity contribution in [3.8, 4) is 0 Å². The van der Waals surface area contributed by atoms with Crippen LogP contribution in [0.2, 0.25) is 0 Å². The van der Waals surface area contributed by atoms with Crippen LogP contribution in [0.1, 0.15) is 32.0 Å². The summed E-state index contributed by atoms with van der Waals surface area (Å²) in [4.78, 5) is 10.4. The monoisotopic (exact) mass is 263 g/mol. The molecule has 1 rings (SSSR count). The Morgan fingerprint density at radius 2 is 2.21 bits per heavy atom. The summed E-state index contributed by atoms with van der Waals surface area (Å²) >= 11 is 0. The summed E-state index contributed by atoms with van der Waals surface area (Å²) in [5.74, 6) is -0.0161. The van der Waals surface area contributed by atoms with Crippen LogP contribution in [0.15, 0.2) is 24.5 Å². The van der Waals surface area contributed by atoms with Crippen molar-refractivity contribution in [2.24, 2.45) is 0 Å². The van der Waals surface area contributed by atoms with Gasteiger partial charge in [-0.3, -0.25) is 0 Å². The van der Waals surface area contributed by atoms with Crippen molar-refractivity contribution in [3.63, 3.8) is 0 Å². The lowest BCUT2D eigenvalue weighted by Gasteiger charge is -2.03. The van der Waals surface area contributed by atoms with E-state index in [0.29, 0.717) is 18.7 Å². The Morgan fingerprint density at radius 1 is 1.53 bits per heavy atom. The summed E-state index contributed by atoms with van der Waals surface area (Å²) in [6, 6.07) is 0. The van der Waals surface area contributed by atoms with Crippen LogP contribution in [0.5, 0.6) is 0 Å². The summed E-state index contributed by atoms with van der Waals surface area (Å²) in [5, 5.41) is 18.1. The van der Waals surface area contributed by atoms with Crippen molar-refractivity contribution < 1.29 is 14.5 Å². The number of hydrogen-bond acceptors (Lipinski definition) is 3. The first-order valence-corrected chi connectivity index (χ1v) is 6.40. The normalized spacial score (nSPS) is 10.4. The van der Waals surface area contributed by atoms with Crippen molar-refractivity contribution in [2.45, 2.75) is 46.2 Å². The van der Waals surface area contributed by atoms with Crippen molar-refractivity contribution in [3.05, 3.63) is 30.4 Å². The fraction of sp³-hybridized carbons (Fsp3) is 0.500. The molecule has 1 N–H and O–H groups in total. The van der Waals surface area contributed by atoms with E-state index < -0.39 is 5.97 Å². The number of nitrogens with zero attached hydrogens (tertiary/aromatic N) is 2. The van der Waals surface area contributed by atoms with Gasteiger partial charge in [0, 0.05) is 25.0 Å². The second-order valence-corrected chi connectivity index (χ2v) is 4.72. The average Bonchev–Trinajstić information content (AvgIpc) is 2.68. The molecule has 0 saturated heterocycles. The molecule has 1 aromatic rings. The molecule has 104 valence electrons. The molecule has 5 nitrogen and oxygen atoms in total. The number of hydrogen-bond donors (Lipinski definition) is 1. The van der Waals surface area contributed by atoms with Gasteiger partial charge in [-0.05, 0) is 25.3 Å². The Bertz CT molecular complexity index is 489. The zero-order valence-electron chi connectivity index (χ0n) is 11.6. The van der Waals surface area contributed by atoms with E-state index in [1.807, 2.05) is 30.8 Å². The van der Waals surface area contributed by atoms with Crippen LogP contribution in [0.25, 0.3) is 0 Å². The van der Waals surface area contributed by atoms with E-state index in [9.17, 15) is 9.90 Å². The highest BCUT2D eigenvalue weighted by molar-refractivity contribution is 5.96. The number of carbonyl (C=O) groups excluding carboxylic acids is 1. The topological polar surface area (TPSA) is 72.8 Å². The molecule has 1 heterocycles. The molecule has 0 spiro atoms. The van der Waals surface area contributed by atoms with Crippen molar-refractivity contribution >= 4 is 11.7 Å². The van der Waals surface area contributed by atoms with E-state index in [4.69, 9.17) is 5.41 Å². The van der Waals surface area contributed by atoms with Crippen LogP contribution in [0.4, 0.5) is 0 Å². The van der Waals surface area contributed by atoms with E-state index in [1.165, 1.54) is 0 Å². The molecule has 0 bridgehead atoms. The lowest BCUT2D eigenvalue weighted by atomic mass is 10.1. The van der Waals surface area contributed by atoms with Gasteiger partial charge in [0.15, 0.2) is 0 Å². The number of carboxylic acids is 1. The van der Waals surface area contributed by atoms with Crippen LogP contribution >= 0.6 is 0 Å². The van der Waals surface area contributed by atoms with Crippen LogP contribution in [0, 0.1) is 12.3 Å². The smallest absolute Gasteiger partial charge is 0.253 e. The van der Waals surface area contributed by atoms with Gasteiger partial charge in [-0.15, -0.1) is 0 Å². The van der Waals surface area contributed by atoms with Gasteiger partial charge in [0.2, 0.25) is 0 Å². The highest BCUT2D eigenvalue weighted by atomic mass is 16.4. The predicted octanol–water partition coefficient (Wildman–Crippen LogP) is 0.600. The number of aromatic nitrogens is 2. The van der Waals surface area contributed by atoms with Gasteiger partial charge in [-0.1, -0.05) is 6.58 Å². The first-order chi connectivity index (χ1) is 8.91. The molecular formula is C14H21N3O2. The van der Waals surface area contributed by atoms with Gasteiger partial charge < -0.3 is 15.3 Å². The largest absolute Gasteiger partial charge is 0.550 e. The quantitative estimate of drug-likeness (QED) is 0.551. The first-order valence-electron chi connectivity index (χ1n) is 6.40. The number of carbonyl (C=O) groups is 1. The number of allylic oxidation sites excluding steroid dienone is 1. The minimum absolute atomic E-state index is 0.0236. The summed E-state index contributed by atoms with van der Waals surface area (Å²) in [6.07, 6.45) is 5.43. The van der Waals surface area contributed by atoms with Crippen molar-refractivity contribution in [1.82, 2.24) is 4.57 Å². The third-order valence-corrected chi connectivity index (χ3v) is 3.16. The fourth-order valence-corrected chi connectivity index (χ4v) is 1.87. The number of aliphatic carboxylic acids is 1. The third kappa shape index (κ3) is 4.69. The van der Waals surface area contributed by atoms with E-state index in [2.05, 4.69) is 11.1 Å². The molecular weight excluding hydrogens is 242 g/mol. The molecule has 0 radical (unpaired) electrons. The Morgan fingerprint density at radius 3 is 2.79 bits per heavy atom. The Hall–Kier alpha value is -1.91. The highest BCUT2D eigenvalue weighted by Gasteiger charge is 2.11. The van der Waals surface area contributed by atoms with E-state index in [-0.39, 0.29) is 6.42 Å². The minimum atomic E-state index is -1.03. The molecule has 0 aliphatic carbocycles. The lowest BCUT2D eigenvalue weighted by Crippen LogP contribution is -2.38. The molecule has 0 aliphatic rings. The summed E-state index contributed by atoms with van der Waals surface area (Å²) in [5.41, 5.74) is 1.41. The minimum Gasteiger partial charge on any atom is -0.550 e. The molecule has 0 atom stereocenters. The first kappa shape index (κ1) is 15.1. The average molecular weight is 263 g/mol. The van der Waals surface area contributed by atoms with Crippen molar-refractivity contribution in [2.75, 3.05) is 0 Å². The highest BCUT2D eigenvalue weighted by Crippen LogP contribution is 2.03. The standard InChI is InChI=1S/C14H21N3O2/c1-11(2)13(15)5-4-7-16-9-10-17(12(16)3)8-6-14(18)19/h9-10,15H,1,4-8H2,2-3H3. The maximum Gasteiger partial charge on any atom is 0.253 e. The maximum atomic E-state index is 10.4. The second kappa shape index (κ2) is 6.87. The van der Waals surface area contributed by atoms with Gasteiger partial charge in [-0.2, -0.15) is 0 Å². The third-order valence-electron chi connectivity index (χ3n) is 3.16. The summed E-state index contributed by atoms with van der Waals surface area (Å²) < 4.78 is 3.97. The van der Waals surface area contributed by atoms with Crippen molar-refractivity contribution in [1.29, 1.82) is 5.41 Å². The van der Waals surface area contributed by atoms with E-state index in [1.54, 1.807) is 0 Å². The Labute approximate surface area is 113 Å². The van der Waals surface area contributed by atoms with Crippen LogP contribution in [-0.4, -0.2) is 16.2 Å². The lowest BCUT2D eigenvalue weighted by molar-refractivity contribution is -0.702. The van der Waals surface area contributed by atoms with E-state index >= 15 is 0 Å². The maximum absolute atomic E-state index is 10.4. The molecule has 1 aromatic heterocycles. The van der Waals surface area contributed by atoms with Crippen LogP contribution in [-0.2, 0) is 17.9 Å². The Balaban J connectivity index is 2.49. The second-order valence-electron chi connectivity index (χ2n) is 4.72.